The fourth-order valence-electron chi connectivity index (χ4n) is 2.39. The number of benzene rings is 1. The lowest BCUT2D eigenvalue weighted by Gasteiger charge is -2.08. The molecule has 3 rings (SSSR count). The van der Waals surface area contributed by atoms with Gasteiger partial charge in [0.2, 0.25) is 0 Å². The third kappa shape index (κ3) is 5.12. The maximum Gasteiger partial charge on any atom is 0.270 e. The molecule has 2 amide bonds. The molecule has 1 aromatic carbocycles. The van der Waals surface area contributed by atoms with E-state index in [4.69, 9.17) is 11.6 Å². The number of nitrogens with one attached hydrogen (secondary N) is 2. The van der Waals surface area contributed by atoms with E-state index in [0.29, 0.717) is 23.7 Å². The summed E-state index contributed by atoms with van der Waals surface area (Å²) in [6.45, 7) is 0.649. The lowest BCUT2D eigenvalue weighted by atomic mass is 10.2. The van der Waals surface area contributed by atoms with Crippen LogP contribution in [0.5, 0.6) is 0 Å². The van der Waals surface area contributed by atoms with Crippen molar-refractivity contribution in [1.82, 2.24) is 20.6 Å². The van der Waals surface area contributed by atoms with Crippen LogP contribution in [0.15, 0.2) is 67.1 Å². The summed E-state index contributed by atoms with van der Waals surface area (Å²) in [5.41, 5.74) is 2.27. The molecular weight excluding hydrogens is 364 g/mol. The van der Waals surface area contributed by atoms with Crippen LogP contribution in [0.2, 0.25) is 5.02 Å². The number of hydrogen-bond donors (Lipinski definition) is 2. The van der Waals surface area contributed by atoms with E-state index in [1.165, 1.54) is 12.3 Å². The number of pyridine rings is 2. The molecule has 0 saturated heterocycles. The Balaban J connectivity index is 1.61. The Labute approximate surface area is 161 Å². The van der Waals surface area contributed by atoms with Crippen LogP contribution >= 0.6 is 11.6 Å². The minimum atomic E-state index is -0.354. The van der Waals surface area contributed by atoms with Crippen molar-refractivity contribution < 1.29 is 9.59 Å². The number of amides is 2. The lowest BCUT2D eigenvalue weighted by Crippen LogP contribution is -2.26. The van der Waals surface area contributed by atoms with E-state index < -0.39 is 0 Å². The van der Waals surface area contributed by atoms with Gasteiger partial charge in [0.05, 0.1) is 0 Å². The second-order valence-corrected chi connectivity index (χ2v) is 6.15. The van der Waals surface area contributed by atoms with Gasteiger partial charge in [-0.1, -0.05) is 29.8 Å². The molecule has 0 fully saturated rings. The van der Waals surface area contributed by atoms with E-state index >= 15 is 0 Å². The first-order valence-electron chi connectivity index (χ1n) is 8.28. The first-order chi connectivity index (χ1) is 13.1. The van der Waals surface area contributed by atoms with Gasteiger partial charge in [-0.05, 0) is 41.5 Å². The highest BCUT2D eigenvalue weighted by atomic mass is 35.5. The van der Waals surface area contributed by atoms with Gasteiger partial charge in [-0.3, -0.25) is 19.6 Å². The molecule has 0 bridgehead atoms. The molecule has 3 aromatic rings. The zero-order valence-corrected chi connectivity index (χ0v) is 15.1. The van der Waals surface area contributed by atoms with Gasteiger partial charge in [0.15, 0.2) is 0 Å². The number of halogens is 1. The number of carbonyl (C=O) groups excluding carboxylic acids is 2. The maximum absolute atomic E-state index is 12.4. The second kappa shape index (κ2) is 8.91. The van der Waals surface area contributed by atoms with Crippen LogP contribution < -0.4 is 10.6 Å². The zero-order chi connectivity index (χ0) is 19.1. The Morgan fingerprint density at radius 3 is 2.41 bits per heavy atom. The average Bonchev–Trinajstić information content (AvgIpc) is 2.72. The fraction of sp³-hybridized carbons (Fsp3) is 0.100. The Bertz CT molecular complexity index is 947. The quantitative estimate of drug-likeness (QED) is 0.688. The van der Waals surface area contributed by atoms with Crippen LogP contribution in [-0.4, -0.2) is 21.8 Å². The number of aromatic nitrogens is 2. The van der Waals surface area contributed by atoms with Gasteiger partial charge >= 0.3 is 0 Å². The first-order valence-corrected chi connectivity index (χ1v) is 8.66. The fourth-order valence-corrected chi connectivity index (χ4v) is 2.59. The zero-order valence-electron chi connectivity index (χ0n) is 14.4. The van der Waals surface area contributed by atoms with Gasteiger partial charge in [0.1, 0.15) is 5.69 Å². The summed E-state index contributed by atoms with van der Waals surface area (Å²) in [5, 5.41) is 6.15. The van der Waals surface area contributed by atoms with Crippen molar-refractivity contribution in [3.63, 3.8) is 0 Å². The van der Waals surface area contributed by atoms with Crippen molar-refractivity contribution in [2.45, 2.75) is 13.1 Å². The highest BCUT2D eigenvalue weighted by Crippen LogP contribution is 2.14. The largest absolute Gasteiger partial charge is 0.348 e. The molecule has 2 heterocycles. The number of hydrogen-bond acceptors (Lipinski definition) is 4. The van der Waals surface area contributed by atoms with Crippen LogP contribution in [0.25, 0.3) is 0 Å². The molecule has 0 atom stereocenters. The molecule has 0 saturated carbocycles. The monoisotopic (exact) mass is 380 g/mol. The molecule has 2 N–H and O–H groups in total. The van der Waals surface area contributed by atoms with Crippen molar-refractivity contribution in [3.8, 4) is 0 Å². The Hall–Kier alpha value is -3.25. The van der Waals surface area contributed by atoms with Gasteiger partial charge in [-0.15, -0.1) is 0 Å². The molecule has 0 spiro atoms. The summed E-state index contributed by atoms with van der Waals surface area (Å²) < 4.78 is 0. The summed E-state index contributed by atoms with van der Waals surface area (Å²) in [7, 11) is 0. The van der Waals surface area contributed by atoms with E-state index in [1.54, 1.807) is 24.5 Å². The third-order valence-corrected chi connectivity index (χ3v) is 4.22. The topological polar surface area (TPSA) is 84.0 Å². The molecule has 0 aliphatic heterocycles. The number of rotatable bonds is 6. The molecule has 0 radical (unpaired) electrons. The Morgan fingerprint density at radius 1 is 0.889 bits per heavy atom. The van der Waals surface area contributed by atoms with Gasteiger partial charge in [0.25, 0.3) is 11.8 Å². The minimum Gasteiger partial charge on any atom is -0.348 e. The maximum atomic E-state index is 12.4. The summed E-state index contributed by atoms with van der Waals surface area (Å²) in [6, 6.07) is 13.9. The van der Waals surface area contributed by atoms with E-state index in [9.17, 15) is 9.59 Å². The summed E-state index contributed by atoms with van der Waals surface area (Å²) >= 11 is 6.09. The van der Waals surface area contributed by atoms with Crippen LogP contribution in [0.1, 0.15) is 32.0 Å². The first kappa shape index (κ1) is 18.5. The summed E-state index contributed by atoms with van der Waals surface area (Å²) in [6.07, 6.45) is 4.75. The van der Waals surface area contributed by atoms with Crippen molar-refractivity contribution in [3.05, 3.63) is 94.5 Å². The Morgan fingerprint density at radius 2 is 1.63 bits per heavy atom. The summed E-state index contributed by atoms with van der Waals surface area (Å²) in [5.74, 6) is -0.659. The predicted octanol–water partition coefficient (Wildman–Crippen LogP) is 2.99. The highest BCUT2D eigenvalue weighted by molar-refractivity contribution is 6.31. The molecule has 0 aliphatic rings. The third-order valence-electron chi connectivity index (χ3n) is 3.85. The van der Waals surface area contributed by atoms with Crippen molar-refractivity contribution in [2.75, 3.05) is 0 Å². The molecular formula is C20H17ClN4O2. The lowest BCUT2D eigenvalue weighted by molar-refractivity contribution is 0.0946. The molecule has 2 aromatic heterocycles. The predicted molar refractivity (Wildman–Crippen MR) is 102 cm³/mol. The minimum absolute atomic E-state index is 0.175. The van der Waals surface area contributed by atoms with Gasteiger partial charge in [-0.25, -0.2) is 0 Å². The molecule has 7 heteroatoms. The van der Waals surface area contributed by atoms with Gasteiger partial charge < -0.3 is 10.6 Å². The van der Waals surface area contributed by atoms with E-state index in [-0.39, 0.29) is 17.5 Å². The van der Waals surface area contributed by atoms with E-state index in [0.717, 1.165) is 11.1 Å². The molecule has 136 valence electrons. The smallest absolute Gasteiger partial charge is 0.270 e. The molecule has 0 unspecified atom stereocenters. The van der Waals surface area contributed by atoms with Crippen LogP contribution in [0.4, 0.5) is 0 Å². The molecule has 6 nitrogen and oxygen atoms in total. The SMILES string of the molecule is O=C(NCc1ccccc1Cl)c1ccnc(C(=O)NCc2ccncc2)c1. The van der Waals surface area contributed by atoms with E-state index in [1.807, 2.05) is 30.3 Å². The standard InChI is InChI=1S/C20H17ClN4O2/c21-17-4-2-1-3-16(17)13-25-19(26)15-7-10-23-18(11-15)20(27)24-12-14-5-8-22-9-6-14/h1-11H,12-13H2,(H,24,27)(H,25,26). The molecule has 27 heavy (non-hydrogen) atoms. The van der Waals surface area contributed by atoms with Crippen molar-refractivity contribution >= 4 is 23.4 Å². The van der Waals surface area contributed by atoms with Crippen LogP contribution in [0, 0.1) is 0 Å². The van der Waals surface area contributed by atoms with Gasteiger partial charge in [0, 0.05) is 42.3 Å². The van der Waals surface area contributed by atoms with Gasteiger partial charge in [-0.2, -0.15) is 0 Å². The van der Waals surface area contributed by atoms with Crippen LogP contribution in [0.3, 0.4) is 0 Å². The average molecular weight is 381 g/mol. The van der Waals surface area contributed by atoms with Crippen molar-refractivity contribution in [1.29, 1.82) is 0 Å². The second-order valence-electron chi connectivity index (χ2n) is 5.74. The Kier molecular flexibility index (Phi) is 6.12. The normalized spacial score (nSPS) is 10.3. The number of nitrogens with zero attached hydrogens (tertiary/aromatic N) is 2. The highest BCUT2D eigenvalue weighted by Gasteiger charge is 2.12. The van der Waals surface area contributed by atoms with E-state index in [2.05, 4.69) is 20.6 Å². The van der Waals surface area contributed by atoms with Crippen molar-refractivity contribution in [2.24, 2.45) is 0 Å². The van der Waals surface area contributed by atoms with Crippen LogP contribution in [-0.2, 0) is 13.1 Å². The number of carbonyl (C=O) groups is 2. The summed E-state index contributed by atoms with van der Waals surface area (Å²) in [4.78, 5) is 32.6. The molecule has 0 aliphatic carbocycles.